The highest BCUT2D eigenvalue weighted by atomic mass is 32.1. The third-order valence-corrected chi connectivity index (χ3v) is 8.75. The molecule has 2 aliphatic rings. The van der Waals surface area contributed by atoms with Crippen molar-refractivity contribution in [3.05, 3.63) is 92.2 Å². The number of hydrogen-bond donors (Lipinski definition) is 0. The average molecular weight is 663 g/mol. The summed E-state index contributed by atoms with van der Waals surface area (Å²) >= 11 is 1.29. The molecule has 1 aliphatic heterocycles. The van der Waals surface area contributed by atoms with Crippen LogP contribution in [0.5, 0.6) is 0 Å². The van der Waals surface area contributed by atoms with E-state index in [9.17, 15) is 33.8 Å². The number of thiophene rings is 1. The van der Waals surface area contributed by atoms with E-state index in [0.29, 0.717) is 10.6 Å². The minimum atomic E-state index is -4.94. The molecule has 0 spiro atoms. The number of alkyl halides is 3. The lowest BCUT2D eigenvalue weighted by Gasteiger charge is -2.32. The number of nitrogens with zero attached hydrogens (tertiary/aromatic N) is 4. The summed E-state index contributed by atoms with van der Waals surface area (Å²) in [5.41, 5.74) is -3.66. The summed E-state index contributed by atoms with van der Waals surface area (Å²) in [6.45, 7) is 12.2. The minimum Gasteiger partial charge on any atom is -0.470 e. The second-order valence-corrected chi connectivity index (χ2v) is 12.4. The fraction of sp³-hybridized carbons (Fsp3) is 0.389. The van der Waals surface area contributed by atoms with E-state index in [1.54, 1.807) is 25.1 Å². The Hall–Kier alpha value is -4.63. The molecule has 0 saturated carbocycles. The fourth-order valence-electron chi connectivity index (χ4n) is 4.96. The van der Waals surface area contributed by atoms with Crippen LogP contribution in [0, 0.1) is 34.0 Å². The third kappa shape index (κ3) is 8.80. The van der Waals surface area contributed by atoms with Crippen LogP contribution in [-0.2, 0) is 14.3 Å². The Morgan fingerprint density at radius 2 is 1.70 bits per heavy atom. The standard InChI is InChI=1S/C36H37F3N4O3S/c1-6-8-18-43(19-9-7-2)27-12-10-25(32(20-27)45-34(44)24(3)4)11-13-28-14-15-29(47-28)16-17-31-30(23-42)33(26(21-40)22-41)46-35(31,5)36(37,38)39/h10-11,13-17,20,27H,3,6-9,12,18-19H2,1-2,4-5H3/b13-11+,17-16+. The van der Waals surface area contributed by atoms with E-state index in [2.05, 4.69) is 25.3 Å². The number of allylic oxidation sites excluding steroid dienone is 3. The van der Waals surface area contributed by atoms with Crippen molar-refractivity contribution in [2.24, 2.45) is 0 Å². The Labute approximate surface area is 278 Å². The second kappa shape index (κ2) is 16.3. The number of carbonyl (C=O) groups excluding carboxylic acids is 1. The van der Waals surface area contributed by atoms with Crippen LogP contribution in [0.2, 0.25) is 0 Å². The van der Waals surface area contributed by atoms with Gasteiger partial charge in [-0.1, -0.05) is 51.5 Å². The smallest absolute Gasteiger partial charge is 0.432 e. The van der Waals surface area contributed by atoms with Crippen LogP contribution in [0.25, 0.3) is 12.2 Å². The number of hydrogen-bond acceptors (Lipinski definition) is 8. The maximum Gasteiger partial charge on any atom is 0.432 e. The Morgan fingerprint density at radius 3 is 2.21 bits per heavy atom. The summed E-state index contributed by atoms with van der Waals surface area (Å²) in [6.07, 6.45) is 10.3. The molecule has 0 N–H and O–H groups in total. The molecule has 246 valence electrons. The lowest BCUT2D eigenvalue weighted by molar-refractivity contribution is -0.236. The minimum absolute atomic E-state index is 0.0824. The largest absolute Gasteiger partial charge is 0.470 e. The Bertz CT molecular complexity index is 1660. The van der Waals surface area contributed by atoms with E-state index in [1.807, 2.05) is 24.3 Å². The van der Waals surface area contributed by atoms with Crippen LogP contribution in [-0.4, -0.2) is 41.8 Å². The van der Waals surface area contributed by atoms with E-state index < -0.39 is 40.2 Å². The van der Waals surface area contributed by atoms with Gasteiger partial charge in [-0.2, -0.15) is 29.0 Å². The topological polar surface area (TPSA) is 110 Å². The molecule has 2 unspecified atom stereocenters. The van der Waals surface area contributed by atoms with Gasteiger partial charge in [-0.05, 0) is 76.6 Å². The first-order chi connectivity index (χ1) is 22.3. The zero-order chi connectivity index (χ0) is 34.8. The molecular formula is C36H37F3N4O3S. The molecule has 0 aromatic carbocycles. The molecular weight excluding hydrogens is 625 g/mol. The molecule has 0 fully saturated rings. The van der Waals surface area contributed by atoms with Gasteiger partial charge in [0.2, 0.25) is 5.60 Å². The Balaban J connectivity index is 1.91. The molecule has 1 aromatic heterocycles. The highest BCUT2D eigenvalue weighted by Gasteiger charge is 2.60. The van der Waals surface area contributed by atoms with Crippen LogP contribution >= 0.6 is 11.3 Å². The van der Waals surface area contributed by atoms with E-state index in [4.69, 9.17) is 9.47 Å². The lowest BCUT2D eigenvalue weighted by atomic mass is 9.92. The van der Waals surface area contributed by atoms with E-state index in [0.717, 1.165) is 68.6 Å². The first-order valence-corrected chi connectivity index (χ1v) is 16.1. The molecule has 1 aromatic rings. The van der Waals surface area contributed by atoms with Gasteiger partial charge in [-0.3, -0.25) is 4.90 Å². The molecule has 3 rings (SSSR count). The third-order valence-electron chi connectivity index (χ3n) is 7.73. The van der Waals surface area contributed by atoms with Crippen LogP contribution in [0.3, 0.4) is 0 Å². The molecule has 47 heavy (non-hydrogen) atoms. The predicted molar refractivity (Wildman–Crippen MR) is 176 cm³/mol. The number of ether oxygens (including phenoxy) is 2. The summed E-state index contributed by atoms with van der Waals surface area (Å²) in [5.74, 6) is -0.762. The molecule has 0 radical (unpaired) electrons. The maximum absolute atomic E-state index is 14.1. The molecule has 7 nitrogen and oxygen atoms in total. The number of halogens is 3. The average Bonchev–Trinajstić information content (AvgIpc) is 3.61. The number of carbonyl (C=O) groups is 1. The van der Waals surface area contributed by atoms with E-state index >= 15 is 0 Å². The van der Waals surface area contributed by atoms with Crippen molar-refractivity contribution in [3.8, 4) is 18.2 Å². The first kappa shape index (κ1) is 36.8. The normalized spacial score (nSPS) is 19.7. The van der Waals surface area contributed by atoms with Gasteiger partial charge in [0.25, 0.3) is 0 Å². The first-order valence-electron chi connectivity index (χ1n) is 15.3. The van der Waals surface area contributed by atoms with Crippen molar-refractivity contribution in [2.45, 2.75) is 77.6 Å². The van der Waals surface area contributed by atoms with Crippen LogP contribution in [0.15, 0.2) is 82.4 Å². The molecule has 2 heterocycles. The van der Waals surface area contributed by atoms with Crippen molar-refractivity contribution in [1.29, 1.82) is 15.8 Å². The van der Waals surface area contributed by atoms with Crippen molar-refractivity contribution in [1.82, 2.24) is 4.90 Å². The van der Waals surface area contributed by atoms with Crippen LogP contribution < -0.4 is 0 Å². The summed E-state index contributed by atoms with van der Waals surface area (Å²) in [6, 6.07) is 8.25. The van der Waals surface area contributed by atoms with Crippen molar-refractivity contribution >= 4 is 29.5 Å². The van der Waals surface area contributed by atoms with Crippen molar-refractivity contribution in [3.63, 3.8) is 0 Å². The SMILES string of the molecule is C=C(C)C(=O)OC1=CC(N(CCCC)CCCC)CC=C1/C=C/c1ccc(/C=C/C2=C(C#N)C(=C(C#N)C#N)OC2(C)C(F)(F)F)s1. The van der Waals surface area contributed by atoms with Crippen molar-refractivity contribution in [2.75, 3.05) is 13.1 Å². The molecule has 0 saturated heterocycles. The monoisotopic (exact) mass is 662 g/mol. The van der Waals surface area contributed by atoms with E-state index in [1.165, 1.54) is 29.6 Å². The van der Waals surface area contributed by atoms with Gasteiger partial charge < -0.3 is 9.47 Å². The molecule has 1 aliphatic carbocycles. The van der Waals surface area contributed by atoms with Gasteiger partial charge >= 0.3 is 12.1 Å². The van der Waals surface area contributed by atoms with E-state index in [-0.39, 0.29) is 11.6 Å². The zero-order valence-electron chi connectivity index (χ0n) is 26.9. The molecule has 2 atom stereocenters. The predicted octanol–water partition coefficient (Wildman–Crippen LogP) is 8.85. The lowest BCUT2D eigenvalue weighted by Crippen LogP contribution is -2.43. The maximum atomic E-state index is 14.1. The summed E-state index contributed by atoms with van der Waals surface area (Å²) in [7, 11) is 0. The van der Waals surface area contributed by atoms with Gasteiger partial charge in [0.1, 0.15) is 29.5 Å². The molecule has 11 heteroatoms. The second-order valence-electron chi connectivity index (χ2n) is 11.3. The van der Waals surface area contributed by atoms with Crippen molar-refractivity contribution < 1.29 is 27.4 Å². The van der Waals surface area contributed by atoms with Crippen LogP contribution in [0.4, 0.5) is 13.2 Å². The summed E-state index contributed by atoms with van der Waals surface area (Å²) < 4.78 is 53.3. The number of nitriles is 3. The molecule has 0 bridgehead atoms. The van der Waals surface area contributed by atoms with Gasteiger partial charge in [-0.15, -0.1) is 11.3 Å². The van der Waals surface area contributed by atoms with Gasteiger partial charge in [0.15, 0.2) is 11.3 Å². The number of unbranched alkanes of at least 4 members (excludes halogenated alkanes) is 2. The fourth-order valence-corrected chi connectivity index (χ4v) is 5.78. The number of esters is 1. The van der Waals surface area contributed by atoms with Gasteiger partial charge in [-0.25, -0.2) is 4.79 Å². The Kier molecular flexibility index (Phi) is 12.8. The summed E-state index contributed by atoms with van der Waals surface area (Å²) in [4.78, 5) is 16.3. The molecule has 0 amide bonds. The highest BCUT2D eigenvalue weighted by molar-refractivity contribution is 7.13. The zero-order valence-corrected chi connectivity index (χ0v) is 27.7. The van der Waals surface area contributed by atoms with Crippen LogP contribution in [0.1, 0.15) is 69.6 Å². The van der Waals surface area contributed by atoms with Gasteiger partial charge in [0, 0.05) is 32.5 Å². The quantitative estimate of drug-likeness (QED) is 0.118. The van der Waals surface area contributed by atoms with Gasteiger partial charge in [0.05, 0.1) is 0 Å². The number of rotatable bonds is 13. The summed E-state index contributed by atoms with van der Waals surface area (Å²) in [5, 5.41) is 28.1. The Morgan fingerprint density at radius 1 is 1.11 bits per heavy atom. The highest BCUT2D eigenvalue weighted by Crippen LogP contribution is 2.49.